The van der Waals surface area contributed by atoms with Crippen LogP contribution in [-0.4, -0.2) is 16.5 Å². The number of hydrogen-bond acceptors (Lipinski definition) is 4. The molecule has 0 saturated carbocycles. The zero-order valence-corrected chi connectivity index (χ0v) is 15.1. The molecule has 2 N–H and O–H groups in total. The van der Waals surface area contributed by atoms with Gasteiger partial charge in [-0.05, 0) is 61.2 Å². The van der Waals surface area contributed by atoms with Crippen LogP contribution in [0.4, 0.5) is 17.5 Å². The van der Waals surface area contributed by atoms with E-state index in [9.17, 15) is 0 Å². The van der Waals surface area contributed by atoms with E-state index < -0.39 is 0 Å². The van der Waals surface area contributed by atoms with E-state index in [2.05, 4.69) is 58.7 Å². The quantitative estimate of drug-likeness (QED) is 0.644. The molecule has 4 nitrogen and oxygen atoms in total. The summed E-state index contributed by atoms with van der Waals surface area (Å²) in [6.07, 6.45) is 2.61. The van der Waals surface area contributed by atoms with Gasteiger partial charge in [0, 0.05) is 23.5 Å². The van der Waals surface area contributed by atoms with Gasteiger partial charge in [0.1, 0.15) is 5.82 Å². The van der Waals surface area contributed by atoms with Crippen molar-refractivity contribution in [3.63, 3.8) is 0 Å². The van der Waals surface area contributed by atoms with Gasteiger partial charge in [-0.25, -0.2) is 4.98 Å². The van der Waals surface area contributed by atoms with Gasteiger partial charge in [0.25, 0.3) is 0 Å². The van der Waals surface area contributed by atoms with E-state index in [0.717, 1.165) is 29.5 Å². The molecule has 0 bridgehead atoms. The average Bonchev–Trinajstić information content (AvgIpc) is 2.59. The van der Waals surface area contributed by atoms with Crippen LogP contribution in [0.25, 0.3) is 0 Å². The lowest BCUT2D eigenvalue weighted by molar-refractivity contribution is 0.985. The second kappa shape index (κ2) is 7.99. The van der Waals surface area contributed by atoms with E-state index in [0.29, 0.717) is 5.95 Å². The Kier molecular flexibility index (Phi) is 5.51. The number of benzene rings is 2. The van der Waals surface area contributed by atoms with Crippen molar-refractivity contribution in [2.24, 2.45) is 0 Å². The number of hydrogen-bond donors (Lipinski definition) is 2. The molecule has 128 valence electrons. The van der Waals surface area contributed by atoms with E-state index >= 15 is 0 Å². The lowest BCUT2D eigenvalue weighted by Gasteiger charge is -2.11. The fourth-order valence-corrected chi connectivity index (χ4v) is 2.75. The number of rotatable bonds is 6. The van der Waals surface area contributed by atoms with Crippen molar-refractivity contribution in [2.45, 2.75) is 20.3 Å². The molecular weight excluding hydrogens is 332 g/mol. The van der Waals surface area contributed by atoms with E-state index in [1.165, 1.54) is 16.7 Å². The van der Waals surface area contributed by atoms with E-state index in [1.807, 2.05) is 24.3 Å². The Morgan fingerprint density at radius 1 is 1.04 bits per heavy atom. The number of halogens is 1. The largest absolute Gasteiger partial charge is 0.354 e. The van der Waals surface area contributed by atoms with Crippen molar-refractivity contribution in [1.29, 1.82) is 0 Å². The van der Waals surface area contributed by atoms with Crippen LogP contribution in [-0.2, 0) is 6.42 Å². The van der Waals surface area contributed by atoms with Crippen molar-refractivity contribution >= 4 is 29.1 Å². The first kappa shape index (κ1) is 17.2. The van der Waals surface area contributed by atoms with Crippen LogP contribution in [0.15, 0.2) is 54.7 Å². The minimum atomic E-state index is 0.609. The van der Waals surface area contributed by atoms with Gasteiger partial charge in [-0.2, -0.15) is 4.98 Å². The highest BCUT2D eigenvalue weighted by Crippen LogP contribution is 2.21. The standard InChI is InChI=1S/C20H21ClN4/c1-14-6-7-15(2)18(12-14)24-19-9-11-23-20(25-19)22-10-8-16-4-3-5-17(21)13-16/h3-7,9,11-13H,8,10H2,1-2H3,(H2,22,23,24,25). The van der Waals surface area contributed by atoms with Gasteiger partial charge in [0.05, 0.1) is 0 Å². The van der Waals surface area contributed by atoms with E-state index in [4.69, 9.17) is 11.6 Å². The van der Waals surface area contributed by atoms with Gasteiger partial charge < -0.3 is 10.6 Å². The lowest BCUT2D eigenvalue weighted by Crippen LogP contribution is -2.08. The second-order valence-electron chi connectivity index (χ2n) is 6.02. The van der Waals surface area contributed by atoms with Crippen molar-refractivity contribution in [2.75, 3.05) is 17.2 Å². The first-order valence-corrected chi connectivity index (χ1v) is 8.63. The number of nitrogens with zero attached hydrogens (tertiary/aromatic N) is 2. The summed E-state index contributed by atoms with van der Waals surface area (Å²) in [7, 11) is 0. The molecule has 1 aromatic heterocycles. The maximum Gasteiger partial charge on any atom is 0.224 e. The Morgan fingerprint density at radius 3 is 2.76 bits per heavy atom. The van der Waals surface area contributed by atoms with Gasteiger partial charge in [-0.15, -0.1) is 0 Å². The third-order valence-electron chi connectivity index (χ3n) is 3.90. The van der Waals surface area contributed by atoms with Gasteiger partial charge in [0.15, 0.2) is 0 Å². The predicted molar refractivity (Wildman–Crippen MR) is 105 cm³/mol. The maximum absolute atomic E-state index is 6.01. The molecule has 0 atom stereocenters. The zero-order chi connectivity index (χ0) is 17.6. The Hall–Kier alpha value is -2.59. The highest BCUT2D eigenvalue weighted by molar-refractivity contribution is 6.30. The molecule has 0 unspecified atom stereocenters. The molecule has 5 heteroatoms. The molecule has 0 aliphatic heterocycles. The lowest BCUT2D eigenvalue weighted by atomic mass is 10.1. The molecule has 0 radical (unpaired) electrons. The highest BCUT2D eigenvalue weighted by atomic mass is 35.5. The summed E-state index contributed by atoms with van der Waals surface area (Å²) < 4.78 is 0. The van der Waals surface area contributed by atoms with Gasteiger partial charge in [-0.1, -0.05) is 35.9 Å². The number of anilines is 3. The molecule has 0 amide bonds. The van der Waals surface area contributed by atoms with Crippen molar-refractivity contribution in [3.05, 3.63) is 76.4 Å². The fourth-order valence-electron chi connectivity index (χ4n) is 2.53. The summed E-state index contributed by atoms with van der Waals surface area (Å²) in [5.74, 6) is 1.38. The Morgan fingerprint density at radius 2 is 1.92 bits per heavy atom. The van der Waals surface area contributed by atoms with Crippen molar-refractivity contribution in [1.82, 2.24) is 9.97 Å². The van der Waals surface area contributed by atoms with Crippen molar-refractivity contribution < 1.29 is 0 Å². The van der Waals surface area contributed by atoms with Crippen LogP contribution in [0.3, 0.4) is 0 Å². The molecule has 2 aromatic carbocycles. The summed E-state index contributed by atoms with van der Waals surface area (Å²) >= 11 is 6.01. The topological polar surface area (TPSA) is 49.8 Å². The molecule has 0 aliphatic rings. The van der Waals surface area contributed by atoms with E-state index in [-0.39, 0.29) is 0 Å². The van der Waals surface area contributed by atoms with Crippen LogP contribution in [0.1, 0.15) is 16.7 Å². The highest BCUT2D eigenvalue weighted by Gasteiger charge is 2.03. The normalized spacial score (nSPS) is 10.5. The molecule has 25 heavy (non-hydrogen) atoms. The summed E-state index contributed by atoms with van der Waals surface area (Å²) in [6, 6.07) is 16.1. The smallest absolute Gasteiger partial charge is 0.224 e. The Bertz CT molecular complexity index is 864. The van der Waals surface area contributed by atoms with Gasteiger partial charge >= 0.3 is 0 Å². The first-order chi connectivity index (χ1) is 12.1. The van der Waals surface area contributed by atoms with Crippen molar-refractivity contribution in [3.8, 4) is 0 Å². The molecule has 3 rings (SSSR count). The third-order valence-corrected chi connectivity index (χ3v) is 4.13. The molecule has 0 fully saturated rings. The minimum absolute atomic E-state index is 0.609. The summed E-state index contributed by atoms with van der Waals surface area (Å²) in [5.41, 5.74) is 4.63. The van der Waals surface area contributed by atoms with Crippen LogP contribution in [0.5, 0.6) is 0 Å². The number of nitrogens with one attached hydrogen (secondary N) is 2. The molecule has 1 heterocycles. The minimum Gasteiger partial charge on any atom is -0.354 e. The maximum atomic E-state index is 6.01. The van der Waals surface area contributed by atoms with Gasteiger partial charge in [0.2, 0.25) is 5.95 Å². The number of aryl methyl sites for hydroxylation is 2. The molecule has 0 spiro atoms. The second-order valence-corrected chi connectivity index (χ2v) is 6.45. The zero-order valence-electron chi connectivity index (χ0n) is 14.4. The van der Waals surface area contributed by atoms with Crippen LogP contribution in [0, 0.1) is 13.8 Å². The van der Waals surface area contributed by atoms with Crippen LogP contribution < -0.4 is 10.6 Å². The van der Waals surface area contributed by atoms with Crippen LogP contribution >= 0.6 is 11.6 Å². The monoisotopic (exact) mass is 352 g/mol. The molecular formula is C20H21ClN4. The Balaban J connectivity index is 1.62. The summed E-state index contributed by atoms with van der Waals surface area (Å²) in [4.78, 5) is 8.81. The Labute approximate surface area is 153 Å². The van der Waals surface area contributed by atoms with E-state index in [1.54, 1.807) is 6.20 Å². The summed E-state index contributed by atoms with van der Waals surface area (Å²) in [6.45, 7) is 4.90. The van der Waals surface area contributed by atoms with Crippen LogP contribution in [0.2, 0.25) is 5.02 Å². The molecule has 0 saturated heterocycles. The molecule has 0 aliphatic carbocycles. The van der Waals surface area contributed by atoms with Gasteiger partial charge in [-0.3, -0.25) is 0 Å². The fraction of sp³-hybridized carbons (Fsp3) is 0.200. The average molecular weight is 353 g/mol. The number of aromatic nitrogens is 2. The summed E-state index contributed by atoms with van der Waals surface area (Å²) in [5, 5.41) is 7.38. The first-order valence-electron chi connectivity index (χ1n) is 8.26. The molecule has 3 aromatic rings. The SMILES string of the molecule is Cc1ccc(C)c(Nc2ccnc(NCCc3cccc(Cl)c3)n2)c1. The predicted octanol–water partition coefficient (Wildman–Crippen LogP) is 5.15. The third kappa shape index (κ3) is 4.94.